The van der Waals surface area contributed by atoms with Crippen molar-refractivity contribution in [1.82, 2.24) is 0 Å². The molecule has 2 rings (SSSR count). The van der Waals surface area contributed by atoms with Crippen LogP contribution in [0.2, 0.25) is 0 Å². The molecular weight excluding hydrogens is 373 g/mol. The zero-order chi connectivity index (χ0) is 20.3. The Kier molecular flexibility index (Phi) is 7.04. The van der Waals surface area contributed by atoms with E-state index >= 15 is 0 Å². The van der Waals surface area contributed by atoms with Crippen LogP contribution < -0.4 is 0 Å². The van der Waals surface area contributed by atoms with Crippen molar-refractivity contribution in [2.75, 3.05) is 5.75 Å². The van der Waals surface area contributed by atoms with Crippen molar-refractivity contribution in [2.45, 2.75) is 76.6 Å². The Morgan fingerprint density at radius 2 is 1.44 bits per heavy atom. The highest BCUT2D eigenvalue weighted by atomic mass is 32.2. The predicted octanol–water partition coefficient (Wildman–Crippen LogP) is 6.05. The monoisotopic (exact) mass is 404 g/mol. The molecule has 6 heteroatoms. The third kappa shape index (κ3) is 6.51. The van der Waals surface area contributed by atoms with Gasteiger partial charge in [-0.3, -0.25) is 0 Å². The van der Waals surface area contributed by atoms with Crippen LogP contribution in [0, 0.1) is 11.8 Å². The van der Waals surface area contributed by atoms with E-state index in [9.17, 15) is 21.6 Å². The second-order valence-electron chi connectivity index (χ2n) is 8.87. The second-order valence-corrected chi connectivity index (χ2v) is 11.7. The number of alkyl halides is 3. The normalized spacial score (nSPS) is 22.0. The molecule has 1 saturated carbocycles. The summed E-state index contributed by atoms with van der Waals surface area (Å²) in [5.74, 6) is 1.16. The molecule has 1 aromatic rings. The summed E-state index contributed by atoms with van der Waals surface area (Å²) in [6.45, 7) is 5.28. The van der Waals surface area contributed by atoms with Gasteiger partial charge in [0.25, 0.3) is 0 Å². The highest BCUT2D eigenvalue weighted by Gasteiger charge is 2.33. The van der Waals surface area contributed by atoms with E-state index in [1.807, 2.05) is 0 Å². The molecule has 0 atom stereocenters. The van der Waals surface area contributed by atoms with Crippen molar-refractivity contribution in [3.8, 4) is 0 Å². The summed E-state index contributed by atoms with van der Waals surface area (Å²) < 4.78 is 61.7. The van der Waals surface area contributed by atoms with Gasteiger partial charge in [-0.15, -0.1) is 0 Å². The van der Waals surface area contributed by atoms with Crippen molar-refractivity contribution in [2.24, 2.45) is 11.8 Å². The zero-order valence-electron chi connectivity index (χ0n) is 16.5. The average Bonchev–Trinajstić information content (AvgIpc) is 2.55. The van der Waals surface area contributed by atoms with Crippen LogP contribution in [0.15, 0.2) is 24.3 Å². The number of hydrogen-bond donors (Lipinski definition) is 0. The van der Waals surface area contributed by atoms with Gasteiger partial charge < -0.3 is 0 Å². The molecule has 1 aromatic carbocycles. The smallest absolute Gasteiger partial charge is 0.228 e. The number of rotatable bonds is 6. The van der Waals surface area contributed by atoms with Crippen LogP contribution in [0.1, 0.15) is 70.4 Å². The Balaban J connectivity index is 1.72. The van der Waals surface area contributed by atoms with Crippen LogP contribution in [-0.2, 0) is 22.4 Å². The van der Waals surface area contributed by atoms with Gasteiger partial charge in [-0.1, -0.05) is 31.4 Å². The molecule has 0 bridgehead atoms. The summed E-state index contributed by atoms with van der Waals surface area (Å²) in [4.78, 5) is 0. The summed E-state index contributed by atoms with van der Waals surface area (Å²) in [6, 6.07) is 5.43. The highest BCUT2D eigenvalue weighted by molar-refractivity contribution is 7.92. The molecule has 0 spiro atoms. The van der Waals surface area contributed by atoms with Gasteiger partial charge in [-0.05, 0) is 76.0 Å². The van der Waals surface area contributed by atoms with Gasteiger partial charge in [0.1, 0.15) is 0 Å². The van der Waals surface area contributed by atoms with Gasteiger partial charge in [-0.25, -0.2) is 8.42 Å². The minimum atomic E-state index is -4.28. The summed E-state index contributed by atoms with van der Waals surface area (Å²) in [5.41, 5.74) is 0.336. The Bertz CT molecular complexity index is 692. The molecule has 0 amide bonds. The van der Waals surface area contributed by atoms with Crippen molar-refractivity contribution in [3.05, 3.63) is 35.4 Å². The van der Waals surface area contributed by atoms with E-state index in [4.69, 9.17) is 0 Å². The quantitative estimate of drug-likeness (QED) is 0.578. The van der Waals surface area contributed by atoms with Crippen LogP contribution >= 0.6 is 0 Å². The van der Waals surface area contributed by atoms with E-state index in [2.05, 4.69) is 0 Å². The van der Waals surface area contributed by atoms with E-state index in [1.165, 1.54) is 0 Å². The molecule has 0 radical (unpaired) electrons. The Morgan fingerprint density at radius 1 is 0.926 bits per heavy atom. The van der Waals surface area contributed by atoms with Gasteiger partial charge in [-0.2, -0.15) is 13.2 Å². The van der Waals surface area contributed by atoms with Crippen LogP contribution in [0.5, 0.6) is 0 Å². The third-order valence-electron chi connectivity index (χ3n) is 5.71. The van der Waals surface area contributed by atoms with Crippen LogP contribution in [0.3, 0.4) is 0 Å². The fraction of sp³-hybridized carbons (Fsp3) is 0.714. The van der Waals surface area contributed by atoms with Crippen molar-refractivity contribution < 1.29 is 21.6 Å². The molecule has 0 heterocycles. The van der Waals surface area contributed by atoms with Crippen molar-refractivity contribution in [1.29, 1.82) is 0 Å². The first-order chi connectivity index (χ1) is 12.4. The summed E-state index contributed by atoms with van der Waals surface area (Å²) in [5, 5.41) is 0. The van der Waals surface area contributed by atoms with Gasteiger partial charge >= 0.3 is 6.18 Å². The molecule has 1 fully saturated rings. The van der Waals surface area contributed by atoms with E-state index < -0.39 is 26.3 Å². The molecule has 1 aliphatic carbocycles. The Labute approximate surface area is 161 Å². The minimum Gasteiger partial charge on any atom is -0.228 e. The largest absolute Gasteiger partial charge is 0.416 e. The molecule has 0 aromatic heterocycles. The molecule has 1 aliphatic rings. The number of sulfone groups is 1. The molecule has 0 unspecified atom stereocenters. The number of benzene rings is 1. The molecule has 0 aliphatic heterocycles. The van der Waals surface area contributed by atoms with Crippen LogP contribution in [-0.4, -0.2) is 18.9 Å². The van der Waals surface area contributed by atoms with E-state index in [-0.39, 0.29) is 11.7 Å². The molecule has 27 heavy (non-hydrogen) atoms. The van der Waals surface area contributed by atoms with E-state index in [1.54, 1.807) is 32.9 Å². The minimum absolute atomic E-state index is 0.264. The van der Waals surface area contributed by atoms with Crippen LogP contribution in [0.4, 0.5) is 13.2 Å². The topological polar surface area (TPSA) is 34.1 Å². The first kappa shape index (κ1) is 22.3. The zero-order valence-corrected chi connectivity index (χ0v) is 17.3. The van der Waals surface area contributed by atoms with Gasteiger partial charge in [0.15, 0.2) is 9.84 Å². The lowest BCUT2D eigenvalue weighted by Gasteiger charge is -2.30. The average molecular weight is 405 g/mol. The summed E-state index contributed by atoms with van der Waals surface area (Å²) in [7, 11) is -3.06. The maximum Gasteiger partial charge on any atom is 0.416 e. The summed E-state index contributed by atoms with van der Waals surface area (Å²) in [6.07, 6.45) is 2.55. The first-order valence-electron chi connectivity index (χ1n) is 9.77. The standard InChI is InChI=1S/C21H31F3O2S/c1-20(2,3)27(25,26)15-18-9-7-16(8-10-18)5-4-6-17-11-13-19(14-12-17)21(22,23)24/h11-14,16,18H,4-10,15H2,1-3H3. The Morgan fingerprint density at radius 3 is 1.93 bits per heavy atom. The second kappa shape index (κ2) is 8.54. The van der Waals surface area contributed by atoms with Gasteiger partial charge in [0.05, 0.1) is 16.1 Å². The molecule has 0 N–H and O–H groups in total. The maximum absolute atomic E-state index is 12.6. The van der Waals surface area contributed by atoms with E-state index in [0.717, 1.165) is 62.6 Å². The van der Waals surface area contributed by atoms with Crippen molar-refractivity contribution in [3.63, 3.8) is 0 Å². The lowest BCUT2D eigenvalue weighted by Crippen LogP contribution is -2.34. The third-order valence-corrected chi connectivity index (χ3v) is 8.49. The lowest BCUT2D eigenvalue weighted by molar-refractivity contribution is -0.137. The molecule has 0 saturated heterocycles. The molecule has 154 valence electrons. The highest BCUT2D eigenvalue weighted by Crippen LogP contribution is 2.34. The molecule has 2 nitrogen and oxygen atoms in total. The van der Waals surface area contributed by atoms with Gasteiger partial charge in [0, 0.05) is 0 Å². The van der Waals surface area contributed by atoms with Gasteiger partial charge in [0.2, 0.25) is 0 Å². The molecular formula is C21H31F3O2S. The van der Waals surface area contributed by atoms with Crippen molar-refractivity contribution >= 4 is 9.84 Å². The predicted molar refractivity (Wildman–Crippen MR) is 103 cm³/mol. The fourth-order valence-electron chi connectivity index (χ4n) is 3.70. The first-order valence-corrected chi connectivity index (χ1v) is 11.4. The Hall–Kier alpha value is -1.04. The lowest BCUT2D eigenvalue weighted by atomic mass is 9.80. The number of halogens is 3. The fourth-order valence-corrected chi connectivity index (χ4v) is 5.16. The number of aryl methyl sites for hydroxylation is 1. The van der Waals surface area contributed by atoms with Crippen LogP contribution in [0.25, 0.3) is 0 Å². The maximum atomic E-state index is 12.6. The van der Waals surface area contributed by atoms with E-state index in [0.29, 0.717) is 5.92 Å². The number of hydrogen-bond acceptors (Lipinski definition) is 2. The SMILES string of the molecule is CC(C)(C)S(=O)(=O)CC1CCC(CCCc2ccc(C(F)(F)F)cc2)CC1. The summed E-state index contributed by atoms with van der Waals surface area (Å²) >= 11 is 0.